The van der Waals surface area contributed by atoms with Crippen LogP contribution >= 0.6 is 0 Å². The van der Waals surface area contributed by atoms with E-state index in [4.69, 9.17) is 1.37 Å². The molecule has 1 unspecified atom stereocenters. The van der Waals surface area contributed by atoms with Gasteiger partial charge in [0, 0.05) is 5.56 Å². The van der Waals surface area contributed by atoms with Gasteiger partial charge in [0.2, 0.25) is 5.71 Å². The van der Waals surface area contributed by atoms with Crippen LogP contribution in [0, 0.1) is 0 Å². The molecule has 1 heterocycles. The molecular formula is C17H19N2+. The highest BCUT2D eigenvalue weighted by Crippen LogP contribution is 2.29. The number of benzene rings is 2. The quantitative estimate of drug-likeness (QED) is 0.744. The third kappa shape index (κ3) is 2.14. The fourth-order valence-electron chi connectivity index (χ4n) is 2.59. The maximum atomic E-state index is 8.90. The van der Waals surface area contributed by atoms with E-state index < -0.39 is 6.02 Å². The second-order valence-corrected chi connectivity index (χ2v) is 4.85. The van der Waals surface area contributed by atoms with Crippen molar-refractivity contribution in [2.45, 2.75) is 12.4 Å². The highest BCUT2D eigenvalue weighted by Gasteiger charge is 2.35. The number of hydrogen-bond donors (Lipinski definition) is 0. The molecule has 0 radical (unpaired) electrons. The van der Waals surface area contributed by atoms with Crippen molar-refractivity contribution in [1.82, 2.24) is 5.01 Å². The first-order valence-electron chi connectivity index (χ1n) is 7.07. The SMILES string of the molecule is [2H]C1(c2ccccc2)CC(c2ccccc2)=[N+](C)N1C. The monoisotopic (exact) mass is 252 g/mol. The highest BCUT2D eigenvalue weighted by molar-refractivity contribution is 5.97. The Morgan fingerprint density at radius 2 is 1.63 bits per heavy atom. The molecule has 0 saturated heterocycles. The summed E-state index contributed by atoms with van der Waals surface area (Å²) in [5.41, 5.74) is 3.40. The molecule has 96 valence electrons. The summed E-state index contributed by atoms with van der Waals surface area (Å²) in [6.07, 6.45) is 0.689. The van der Waals surface area contributed by atoms with E-state index in [0.717, 1.165) is 5.56 Å². The molecule has 2 nitrogen and oxygen atoms in total. The van der Waals surface area contributed by atoms with Crippen LogP contribution in [-0.2, 0) is 0 Å². The zero-order valence-corrected chi connectivity index (χ0v) is 11.4. The summed E-state index contributed by atoms with van der Waals surface area (Å²) in [6.45, 7) is 0. The zero-order valence-electron chi connectivity index (χ0n) is 12.4. The molecule has 0 aromatic heterocycles. The Kier molecular flexibility index (Phi) is 2.78. The third-order valence-electron chi connectivity index (χ3n) is 3.78. The molecule has 2 aromatic carbocycles. The smallest absolute Gasteiger partial charge is 0.181 e. The van der Waals surface area contributed by atoms with E-state index in [1.54, 1.807) is 0 Å². The molecule has 0 N–H and O–H groups in total. The molecule has 1 aliphatic rings. The molecule has 0 saturated carbocycles. The van der Waals surface area contributed by atoms with Crippen LogP contribution in [0.15, 0.2) is 60.7 Å². The highest BCUT2D eigenvalue weighted by atomic mass is 15.6. The van der Waals surface area contributed by atoms with Gasteiger partial charge >= 0.3 is 0 Å². The minimum atomic E-state index is -0.735. The van der Waals surface area contributed by atoms with Crippen LogP contribution in [-0.4, -0.2) is 29.5 Å². The Morgan fingerprint density at radius 3 is 2.26 bits per heavy atom. The molecule has 0 bridgehead atoms. The van der Waals surface area contributed by atoms with Gasteiger partial charge in [-0.15, -0.1) is 4.68 Å². The summed E-state index contributed by atoms with van der Waals surface area (Å²) < 4.78 is 11.0. The van der Waals surface area contributed by atoms with E-state index in [1.165, 1.54) is 11.3 Å². The van der Waals surface area contributed by atoms with Crippen molar-refractivity contribution >= 4 is 5.71 Å². The minimum absolute atomic E-state index is 0.689. The topological polar surface area (TPSA) is 6.25 Å². The first kappa shape index (κ1) is 10.8. The average Bonchev–Trinajstić information content (AvgIpc) is 2.75. The third-order valence-corrected chi connectivity index (χ3v) is 3.78. The van der Waals surface area contributed by atoms with Crippen molar-refractivity contribution in [2.75, 3.05) is 14.1 Å². The lowest BCUT2D eigenvalue weighted by molar-refractivity contribution is -0.660. The Balaban J connectivity index is 2.02. The normalized spacial score (nSPS) is 23.7. The van der Waals surface area contributed by atoms with Gasteiger partial charge in [0.15, 0.2) is 7.05 Å². The van der Waals surface area contributed by atoms with Crippen LogP contribution in [0.5, 0.6) is 0 Å². The number of rotatable bonds is 2. The van der Waals surface area contributed by atoms with E-state index in [1.807, 2.05) is 67.6 Å². The van der Waals surface area contributed by atoms with Gasteiger partial charge < -0.3 is 0 Å². The van der Waals surface area contributed by atoms with E-state index in [2.05, 4.69) is 16.8 Å². The summed E-state index contributed by atoms with van der Waals surface area (Å²) in [7, 11) is 4.01. The van der Waals surface area contributed by atoms with Crippen molar-refractivity contribution in [2.24, 2.45) is 0 Å². The van der Waals surface area contributed by atoms with Gasteiger partial charge in [-0.05, 0) is 17.7 Å². The first-order chi connectivity index (χ1) is 9.63. The van der Waals surface area contributed by atoms with Crippen molar-refractivity contribution in [3.8, 4) is 0 Å². The van der Waals surface area contributed by atoms with Crippen molar-refractivity contribution in [3.63, 3.8) is 0 Å². The molecule has 19 heavy (non-hydrogen) atoms. The van der Waals surface area contributed by atoms with Gasteiger partial charge in [-0.1, -0.05) is 48.5 Å². The van der Waals surface area contributed by atoms with Crippen LogP contribution in [0.4, 0.5) is 0 Å². The lowest BCUT2D eigenvalue weighted by atomic mass is 9.99. The zero-order chi connectivity index (χ0) is 14.2. The molecular weight excluding hydrogens is 232 g/mol. The standard InChI is InChI=1S/C17H19N2/c1-18-16(14-9-5-3-6-10-14)13-17(19(18)2)15-11-7-4-8-12-15/h3-12,16H,13H2,1-2H3/q+1/i16D. The maximum absolute atomic E-state index is 8.90. The summed E-state index contributed by atoms with van der Waals surface area (Å²) in [5, 5.41) is 2.00. The van der Waals surface area contributed by atoms with E-state index >= 15 is 0 Å². The molecule has 3 rings (SSSR count). The van der Waals surface area contributed by atoms with E-state index in [-0.39, 0.29) is 0 Å². The Hall–Kier alpha value is -2.09. The molecule has 1 aliphatic heterocycles. The van der Waals surface area contributed by atoms with Crippen molar-refractivity contribution in [3.05, 3.63) is 71.8 Å². The fraction of sp³-hybridized carbons (Fsp3) is 0.235. The molecule has 0 spiro atoms. The van der Waals surface area contributed by atoms with E-state index in [0.29, 0.717) is 6.42 Å². The Bertz CT molecular complexity index is 637. The number of hydrogen-bond acceptors (Lipinski definition) is 1. The largest absolute Gasteiger partial charge is 0.215 e. The number of hydrazine groups is 1. The van der Waals surface area contributed by atoms with Crippen LogP contribution in [0.25, 0.3) is 0 Å². The molecule has 1 atom stereocenters. The van der Waals surface area contributed by atoms with Crippen LogP contribution in [0.2, 0.25) is 0 Å². The second kappa shape index (κ2) is 4.88. The van der Waals surface area contributed by atoms with Gasteiger partial charge in [-0.3, -0.25) is 0 Å². The maximum Gasteiger partial charge on any atom is 0.215 e. The fourth-order valence-corrected chi connectivity index (χ4v) is 2.59. The average molecular weight is 252 g/mol. The second-order valence-electron chi connectivity index (χ2n) is 4.85. The summed E-state index contributed by atoms with van der Waals surface area (Å²) in [6, 6.07) is 19.6. The summed E-state index contributed by atoms with van der Waals surface area (Å²) in [5.74, 6) is 0. The lowest BCUT2D eigenvalue weighted by Crippen LogP contribution is -2.27. The Morgan fingerprint density at radius 1 is 1.05 bits per heavy atom. The molecule has 2 aromatic rings. The van der Waals surface area contributed by atoms with Gasteiger partial charge in [-0.25, -0.2) is 0 Å². The van der Waals surface area contributed by atoms with Crippen molar-refractivity contribution < 1.29 is 6.06 Å². The first-order valence-corrected chi connectivity index (χ1v) is 6.57. The van der Waals surface area contributed by atoms with Gasteiger partial charge in [0.1, 0.15) is 6.02 Å². The van der Waals surface area contributed by atoms with Gasteiger partial charge in [-0.2, -0.15) is 5.01 Å². The molecule has 0 amide bonds. The summed E-state index contributed by atoms with van der Waals surface area (Å²) in [4.78, 5) is 0. The summed E-state index contributed by atoms with van der Waals surface area (Å²) >= 11 is 0. The van der Waals surface area contributed by atoms with Gasteiger partial charge in [0.25, 0.3) is 0 Å². The predicted octanol–water partition coefficient (Wildman–Crippen LogP) is 3.11. The molecule has 2 heteroatoms. The Labute approximate surface area is 116 Å². The lowest BCUT2D eigenvalue weighted by Gasteiger charge is -2.16. The van der Waals surface area contributed by atoms with Crippen molar-refractivity contribution in [1.29, 1.82) is 0 Å². The minimum Gasteiger partial charge on any atom is -0.181 e. The number of nitrogens with zero attached hydrogens (tertiary/aromatic N) is 2. The predicted molar refractivity (Wildman–Crippen MR) is 78.3 cm³/mol. The molecule has 0 fully saturated rings. The number of hydrazone groups is 1. The molecule has 0 aliphatic carbocycles. The van der Waals surface area contributed by atoms with Crippen LogP contribution in [0.1, 0.15) is 24.9 Å². The van der Waals surface area contributed by atoms with Crippen LogP contribution in [0.3, 0.4) is 0 Å². The van der Waals surface area contributed by atoms with Crippen LogP contribution < -0.4 is 0 Å². The van der Waals surface area contributed by atoms with E-state index in [9.17, 15) is 0 Å². The van der Waals surface area contributed by atoms with Gasteiger partial charge in [0.05, 0.1) is 14.8 Å².